The second kappa shape index (κ2) is 4.04. The quantitative estimate of drug-likeness (QED) is 0.772. The fourth-order valence-electron chi connectivity index (χ4n) is 1.13. The van der Waals surface area contributed by atoms with E-state index in [2.05, 4.69) is 4.98 Å². The van der Waals surface area contributed by atoms with Crippen LogP contribution in [0.25, 0.3) is 0 Å². The number of benzene rings is 1. The van der Waals surface area contributed by atoms with Gasteiger partial charge in [-0.15, -0.1) is 0 Å². The number of rotatable bonds is 3. The second-order valence-electron chi connectivity index (χ2n) is 3.01. The van der Waals surface area contributed by atoms with Gasteiger partial charge in [0.1, 0.15) is 17.3 Å². The van der Waals surface area contributed by atoms with Crippen molar-refractivity contribution in [3.05, 3.63) is 36.2 Å². The molecule has 2 aromatic rings. The molecule has 1 heterocycles. The first-order valence-corrected chi connectivity index (χ1v) is 4.52. The first-order chi connectivity index (χ1) is 7.28. The van der Waals surface area contributed by atoms with E-state index in [0.29, 0.717) is 5.75 Å². The van der Waals surface area contributed by atoms with Gasteiger partial charge in [0.15, 0.2) is 0 Å². The number of nitrogens with zero attached hydrogens (tertiary/aromatic N) is 1. The van der Waals surface area contributed by atoms with E-state index in [1.165, 1.54) is 0 Å². The lowest BCUT2D eigenvalue weighted by molar-refractivity contribution is 0.322. The van der Waals surface area contributed by atoms with E-state index in [1.807, 2.05) is 19.1 Å². The molecular formula is C11H11NO3. The van der Waals surface area contributed by atoms with Crippen LogP contribution < -0.4 is 9.47 Å². The van der Waals surface area contributed by atoms with Gasteiger partial charge in [0.2, 0.25) is 0 Å². The summed E-state index contributed by atoms with van der Waals surface area (Å²) in [5.74, 6) is 2.17. The molecule has 2 rings (SSSR count). The average Bonchev–Trinajstić information content (AvgIpc) is 2.65. The van der Waals surface area contributed by atoms with Gasteiger partial charge >= 0.3 is 6.08 Å². The van der Waals surface area contributed by atoms with E-state index >= 15 is 0 Å². The minimum Gasteiger partial charge on any atom is -0.497 e. The highest BCUT2D eigenvalue weighted by Crippen LogP contribution is 2.22. The fraction of sp³-hybridized carbons (Fsp3) is 0.182. The first-order valence-electron chi connectivity index (χ1n) is 4.52. The Labute approximate surface area is 87.5 Å². The van der Waals surface area contributed by atoms with E-state index in [4.69, 9.17) is 13.9 Å². The summed E-state index contributed by atoms with van der Waals surface area (Å²) in [6.45, 7) is 1.81. The minimum absolute atomic E-state index is 0.248. The lowest BCUT2D eigenvalue weighted by atomic mass is 10.3. The SMILES string of the molecule is COc1ccc(Oc2ncc(C)o2)cc1. The molecule has 15 heavy (non-hydrogen) atoms. The Morgan fingerprint density at radius 2 is 1.80 bits per heavy atom. The number of oxazole rings is 1. The molecule has 4 nitrogen and oxygen atoms in total. The monoisotopic (exact) mass is 205 g/mol. The molecule has 0 amide bonds. The average molecular weight is 205 g/mol. The Morgan fingerprint density at radius 3 is 2.33 bits per heavy atom. The summed E-state index contributed by atoms with van der Waals surface area (Å²) in [7, 11) is 1.62. The van der Waals surface area contributed by atoms with Gasteiger partial charge < -0.3 is 13.9 Å². The van der Waals surface area contributed by atoms with E-state index in [1.54, 1.807) is 25.4 Å². The molecule has 0 aliphatic carbocycles. The second-order valence-corrected chi connectivity index (χ2v) is 3.01. The van der Waals surface area contributed by atoms with E-state index in [0.717, 1.165) is 11.5 Å². The van der Waals surface area contributed by atoms with Crippen LogP contribution in [-0.2, 0) is 0 Å². The zero-order chi connectivity index (χ0) is 10.7. The molecule has 0 aliphatic heterocycles. The predicted molar refractivity (Wildman–Crippen MR) is 54.3 cm³/mol. The maximum atomic E-state index is 5.37. The molecule has 0 fully saturated rings. The molecule has 0 bridgehead atoms. The Kier molecular flexibility index (Phi) is 2.58. The van der Waals surface area contributed by atoms with Crippen molar-refractivity contribution in [1.29, 1.82) is 0 Å². The Bertz CT molecular complexity index is 433. The maximum absolute atomic E-state index is 5.37. The van der Waals surface area contributed by atoms with Crippen molar-refractivity contribution in [3.63, 3.8) is 0 Å². The molecule has 0 unspecified atom stereocenters. The number of aryl methyl sites for hydroxylation is 1. The zero-order valence-electron chi connectivity index (χ0n) is 8.56. The van der Waals surface area contributed by atoms with Crippen LogP contribution in [0.2, 0.25) is 0 Å². The van der Waals surface area contributed by atoms with Crippen molar-refractivity contribution in [2.75, 3.05) is 7.11 Å². The van der Waals surface area contributed by atoms with Gasteiger partial charge in [0.05, 0.1) is 13.3 Å². The number of methoxy groups -OCH3 is 1. The molecule has 78 valence electrons. The van der Waals surface area contributed by atoms with Crippen LogP contribution in [0.3, 0.4) is 0 Å². The van der Waals surface area contributed by atoms with Gasteiger partial charge in [0.25, 0.3) is 0 Å². The first kappa shape index (κ1) is 9.58. The van der Waals surface area contributed by atoms with Crippen molar-refractivity contribution in [2.45, 2.75) is 6.92 Å². The van der Waals surface area contributed by atoms with Crippen LogP contribution in [0.1, 0.15) is 5.76 Å². The van der Waals surface area contributed by atoms with Crippen molar-refractivity contribution in [2.24, 2.45) is 0 Å². The van der Waals surface area contributed by atoms with Crippen LogP contribution in [0.5, 0.6) is 17.6 Å². The fourth-order valence-corrected chi connectivity index (χ4v) is 1.13. The molecule has 0 spiro atoms. The van der Waals surface area contributed by atoms with E-state index in [-0.39, 0.29) is 6.08 Å². The van der Waals surface area contributed by atoms with E-state index < -0.39 is 0 Å². The molecule has 4 heteroatoms. The van der Waals surface area contributed by atoms with Crippen LogP contribution in [0.4, 0.5) is 0 Å². The van der Waals surface area contributed by atoms with Crippen LogP contribution in [-0.4, -0.2) is 12.1 Å². The van der Waals surface area contributed by atoms with Gasteiger partial charge in [-0.1, -0.05) is 0 Å². The smallest absolute Gasteiger partial charge is 0.399 e. The Balaban J connectivity index is 2.11. The third-order valence-corrected chi connectivity index (χ3v) is 1.86. The number of hydrogen-bond acceptors (Lipinski definition) is 4. The molecule has 0 aliphatic rings. The number of ether oxygens (including phenoxy) is 2. The van der Waals surface area contributed by atoms with Crippen LogP contribution in [0, 0.1) is 6.92 Å². The van der Waals surface area contributed by atoms with Crippen LogP contribution in [0.15, 0.2) is 34.9 Å². The highest BCUT2D eigenvalue weighted by Gasteiger charge is 2.03. The molecule has 1 aromatic heterocycles. The summed E-state index contributed by atoms with van der Waals surface area (Å²) in [5.41, 5.74) is 0. The molecule has 0 radical (unpaired) electrons. The van der Waals surface area contributed by atoms with Gasteiger partial charge in [0, 0.05) is 0 Å². The van der Waals surface area contributed by atoms with Crippen molar-refractivity contribution >= 4 is 0 Å². The van der Waals surface area contributed by atoms with Crippen molar-refractivity contribution in [3.8, 4) is 17.6 Å². The van der Waals surface area contributed by atoms with Crippen molar-refractivity contribution in [1.82, 2.24) is 4.98 Å². The lowest BCUT2D eigenvalue weighted by Gasteiger charge is -2.02. The van der Waals surface area contributed by atoms with Gasteiger partial charge in [-0.2, -0.15) is 4.98 Å². The topological polar surface area (TPSA) is 44.5 Å². The molecule has 0 atom stereocenters. The Hall–Kier alpha value is -1.97. The van der Waals surface area contributed by atoms with E-state index in [9.17, 15) is 0 Å². The maximum Gasteiger partial charge on any atom is 0.399 e. The third kappa shape index (κ3) is 2.28. The number of hydrogen-bond donors (Lipinski definition) is 0. The Morgan fingerprint density at radius 1 is 1.13 bits per heavy atom. The van der Waals surface area contributed by atoms with Gasteiger partial charge in [-0.05, 0) is 31.2 Å². The normalized spacial score (nSPS) is 10.0. The highest BCUT2D eigenvalue weighted by atomic mass is 16.6. The highest BCUT2D eigenvalue weighted by molar-refractivity contribution is 5.32. The summed E-state index contributed by atoms with van der Waals surface area (Å²) in [6, 6.07) is 7.20. The largest absolute Gasteiger partial charge is 0.497 e. The lowest BCUT2D eigenvalue weighted by Crippen LogP contribution is -1.85. The molecular weight excluding hydrogens is 194 g/mol. The summed E-state index contributed by atoms with van der Waals surface area (Å²) in [5, 5.41) is 0. The summed E-state index contributed by atoms with van der Waals surface area (Å²) in [4.78, 5) is 3.93. The molecule has 0 saturated heterocycles. The summed E-state index contributed by atoms with van der Waals surface area (Å²) in [6.07, 6.45) is 1.86. The van der Waals surface area contributed by atoms with Gasteiger partial charge in [-0.3, -0.25) is 0 Å². The van der Waals surface area contributed by atoms with Crippen LogP contribution >= 0.6 is 0 Å². The van der Waals surface area contributed by atoms with Gasteiger partial charge in [-0.25, -0.2) is 0 Å². The molecule has 0 saturated carbocycles. The number of aromatic nitrogens is 1. The molecule has 0 N–H and O–H groups in total. The summed E-state index contributed by atoms with van der Waals surface area (Å²) < 4.78 is 15.6. The standard InChI is InChI=1S/C11H11NO3/c1-8-7-12-11(14-8)15-10-5-3-9(13-2)4-6-10/h3-7H,1-2H3. The molecule has 1 aromatic carbocycles. The van der Waals surface area contributed by atoms with Crippen molar-refractivity contribution < 1.29 is 13.9 Å². The third-order valence-electron chi connectivity index (χ3n) is 1.86. The predicted octanol–water partition coefficient (Wildman–Crippen LogP) is 2.78. The summed E-state index contributed by atoms with van der Waals surface area (Å²) >= 11 is 0. The zero-order valence-corrected chi connectivity index (χ0v) is 8.56. The minimum atomic E-state index is 0.248.